The largest absolute Gasteiger partial charge is 0.333 e. The van der Waals surface area contributed by atoms with Crippen LogP contribution in [0.1, 0.15) is 95.4 Å². The van der Waals surface area contributed by atoms with Crippen molar-refractivity contribution in [2.75, 3.05) is 4.90 Å². The van der Waals surface area contributed by atoms with E-state index in [9.17, 15) is 14.4 Å². The third-order valence-electron chi connectivity index (χ3n) is 7.17. The summed E-state index contributed by atoms with van der Waals surface area (Å²) in [5.74, 6) is -0.800. The summed E-state index contributed by atoms with van der Waals surface area (Å²) in [5, 5.41) is 0. The molecule has 0 N–H and O–H groups in total. The summed E-state index contributed by atoms with van der Waals surface area (Å²) in [6.45, 7) is 0. The van der Waals surface area contributed by atoms with Gasteiger partial charge in [-0.05, 0) is 56.0 Å². The van der Waals surface area contributed by atoms with E-state index >= 15 is 0 Å². The van der Waals surface area contributed by atoms with Crippen molar-refractivity contribution in [2.45, 2.75) is 76.3 Å². The number of hydrogen-bond acceptors (Lipinski definition) is 4. The first-order valence-corrected chi connectivity index (χ1v) is 11.9. The molecule has 166 valence electrons. The first-order valence-electron chi connectivity index (χ1n) is 11.9. The van der Waals surface area contributed by atoms with Crippen LogP contribution in [0.3, 0.4) is 0 Å². The summed E-state index contributed by atoms with van der Waals surface area (Å²) in [4.78, 5) is 46.9. The molecule has 2 aromatic rings. The molecule has 2 aliphatic carbocycles. The van der Waals surface area contributed by atoms with Gasteiger partial charge in [0.1, 0.15) is 5.69 Å². The van der Waals surface area contributed by atoms with E-state index in [2.05, 4.69) is 9.88 Å². The molecule has 5 rings (SSSR count). The molecule has 1 aromatic heterocycles. The van der Waals surface area contributed by atoms with E-state index in [0.29, 0.717) is 16.8 Å². The van der Waals surface area contributed by atoms with Crippen LogP contribution in [0.4, 0.5) is 5.69 Å². The smallest absolute Gasteiger partial charge is 0.284 e. The summed E-state index contributed by atoms with van der Waals surface area (Å²) in [7, 11) is 0. The number of amides is 3. The van der Waals surface area contributed by atoms with E-state index in [0.717, 1.165) is 30.6 Å². The quantitative estimate of drug-likeness (QED) is 0.640. The number of rotatable bonds is 4. The average molecular weight is 432 g/mol. The predicted octanol–water partition coefficient (Wildman–Crippen LogP) is 4.99. The second kappa shape index (κ2) is 8.85. The molecule has 32 heavy (non-hydrogen) atoms. The number of hydrogen-bond donors (Lipinski definition) is 0. The highest BCUT2D eigenvalue weighted by molar-refractivity contribution is 6.33. The van der Waals surface area contributed by atoms with E-state index < -0.39 is 5.91 Å². The minimum absolute atomic E-state index is 0.0281. The van der Waals surface area contributed by atoms with Crippen molar-refractivity contribution < 1.29 is 14.4 Å². The van der Waals surface area contributed by atoms with E-state index in [1.807, 2.05) is 0 Å². The molecule has 0 bridgehead atoms. The van der Waals surface area contributed by atoms with Crippen LogP contribution in [-0.4, -0.2) is 39.7 Å². The highest BCUT2D eigenvalue weighted by atomic mass is 16.2. The maximum absolute atomic E-state index is 13.8. The molecule has 2 heterocycles. The molecule has 2 saturated carbocycles. The van der Waals surface area contributed by atoms with Gasteiger partial charge in [0.25, 0.3) is 17.7 Å². The van der Waals surface area contributed by atoms with Gasteiger partial charge in [0.05, 0.1) is 11.3 Å². The van der Waals surface area contributed by atoms with Crippen molar-refractivity contribution >= 4 is 23.4 Å². The minimum Gasteiger partial charge on any atom is -0.333 e. The van der Waals surface area contributed by atoms with Gasteiger partial charge >= 0.3 is 0 Å². The van der Waals surface area contributed by atoms with Gasteiger partial charge in [-0.25, -0.2) is 4.90 Å². The van der Waals surface area contributed by atoms with Gasteiger partial charge in [0.2, 0.25) is 0 Å². The number of pyridine rings is 1. The minimum atomic E-state index is -0.438. The second-order valence-electron chi connectivity index (χ2n) is 9.19. The maximum atomic E-state index is 13.8. The van der Waals surface area contributed by atoms with Gasteiger partial charge in [-0.1, -0.05) is 44.6 Å². The zero-order valence-corrected chi connectivity index (χ0v) is 18.3. The van der Waals surface area contributed by atoms with Crippen LogP contribution < -0.4 is 4.90 Å². The molecular weight excluding hydrogens is 402 g/mol. The van der Waals surface area contributed by atoms with Gasteiger partial charge < -0.3 is 4.90 Å². The van der Waals surface area contributed by atoms with Gasteiger partial charge in [0.15, 0.2) is 0 Å². The van der Waals surface area contributed by atoms with Crippen LogP contribution >= 0.6 is 0 Å². The summed E-state index contributed by atoms with van der Waals surface area (Å²) in [6.07, 6.45) is 12.9. The van der Waals surface area contributed by atoms with Crippen molar-refractivity contribution in [3.8, 4) is 0 Å². The first kappa shape index (κ1) is 20.9. The number of benzene rings is 1. The number of fused-ring (bicyclic) bond motifs is 1. The maximum Gasteiger partial charge on any atom is 0.284 e. The van der Waals surface area contributed by atoms with E-state index in [-0.39, 0.29) is 29.6 Å². The average Bonchev–Trinajstić information content (AvgIpc) is 3.11. The van der Waals surface area contributed by atoms with E-state index in [4.69, 9.17) is 0 Å². The van der Waals surface area contributed by atoms with Crippen LogP contribution in [0, 0.1) is 0 Å². The van der Waals surface area contributed by atoms with E-state index in [1.165, 1.54) is 44.7 Å². The standard InChI is InChI=1S/C26H29N3O3/c30-24(28(19-10-3-1-4-11-19)20-12-5-2-6-13-20)18-9-7-14-21(17-18)29-25(31)22-15-8-16-27-23(22)26(29)32/h7-9,14-17,19-20H,1-6,10-13H2. The second-order valence-corrected chi connectivity index (χ2v) is 9.19. The summed E-state index contributed by atoms with van der Waals surface area (Å²) < 4.78 is 0. The third kappa shape index (κ3) is 3.72. The lowest BCUT2D eigenvalue weighted by Crippen LogP contribution is -2.48. The predicted molar refractivity (Wildman–Crippen MR) is 122 cm³/mol. The molecule has 0 saturated heterocycles. The molecule has 0 spiro atoms. The molecule has 2 fully saturated rings. The SMILES string of the molecule is O=C1c2cccnc2C(=O)N1c1cccc(C(=O)N(C2CCCCC2)C2CCCCC2)c1. The number of nitrogens with zero attached hydrogens (tertiary/aromatic N) is 3. The Hall–Kier alpha value is -3.02. The lowest BCUT2D eigenvalue weighted by atomic mass is 9.88. The molecule has 3 aliphatic rings. The zero-order valence-electron chi connectivity index (χ0n) is 18.3. The Labute approximate surface area is 188 Å². The lowest BCUT2D eigenvalue weighted by molar-refractivity contribution is 0.0448. The molecule has 6 heteroatoms. The van der Waals surface area contributed by atoms with Crippen molar-refractivity contribution in [1.82, 2.24) is 9.88 Å². The molecule has 0 atom stereocenters. The number of imide groups is 1. The number of carbonyl (C=O) groups excluding carboxylic acids is 3. The fourth-order valence-electron chi connectivity index (χ4n) is 5.58. The highest BCUT2D eigenvalue weighted by Gasteiger charge is 2.38. The van der Waals surface area contributed by atoms with Crippen molar-refractivity contribution in [1.29, 1.82) is 0 Å². The molecule has 6 nitrogen and oxygen atoms in total. The monoisotopic (exact) mass is 431 g/mol. The van der Waals surface area contributed by atoms with E-state index in [1.54, 1.807) is 36.4 Å². The van der Waals surface area contributed by atoms with Crippen LogP contribution in [0.15, 0.2) is 42.6 Å². The fraction of sp³-hybridized carbons (Fsp3) is 0.462. The summed E-state index contributed by atoms with van der Waals surface area (Å²) in [5.41, 5.74) is 1.44. The van der Waals surface area contributed by atoms with Gasteiger partial charge in [-0.3, -0.25) is 19.4 Å². The molecule has 0 radical (unpaired) electrons. The Morgan fingerprint density at radius 3 is 2.12 bits per heavy atom. The van der Waals surface area contributed by atoms with Gasteiger partial charge in [-0.2, -0.15) is 0 Å². The summed E-state index contributed by atoms with van der Waals surface area (Å²) >= 11 is 0. The lowest BCUT2D eigenvalue weighted by Gasteiger charge is -2.42. The third-order valence-corrected chi connectivity index (χ3v) is 7.17. The molecule has 1 aromatic carbocycles. The van der Waals surface area contributed by atoms with Gasteiger partial charge in [-0.15, -0.1) is 0 Å². The fourth-order valence-corrected chi connectivity index (χ4v) is 5.58. The number of anilines is 1. The zero-order chi connectivity index (χ0) is 22.1. The van der Waals surface area contributed by atoms with Crippen molar-refractivity contribution in [3.63, 3.8) is 0 Å². The Balaban J connectivity index is 1.45. The topological polar surface area (TPSA) is 70.6 Å². The first-order chi connectivity index (χ1) is 15.6. The Kier molecular flexibility index (Phi) is 5.77. The molecule has 1 aliphatic heterocycles. The Bertz CT molecular complexity index is 985. The van der Waals surface area contributed by atoms with Crippen molar-refractivity contribution in [2.24, 2.45) is 0 Å². The Morgan fingerprint density at radius 1 is 0.844 bits per heavy atom. The normalized spacial score (nSPS) is 19.8. The molecule has 3 amide bonds. The number of aromatic nitrogens is 1. The van der Waals surface area contributed by atoms with Gasteiger partial charge in [0, 0.05) is 23.8 Å². The van der Waals surface area contributed by atoms with Crippen LogP contribution in [0.5, 0.6) is 0 Å². The molecular formula is C26H29N3O3. The van der Waals surface area contributed by atoms with Crippen LogP contribution in [0.2, 0.25) is 0 Å². The van der Waals surface area contributed by atoms with Crippen LogP contribution in [0.25, 0.3) is 0 Å². The molecule has 0 unspecified atom stereocenters. The van der Waals surface area contributed by atoms with Crippen LogP contribution in [-0.2, 0) is 0 Å². The summed E-state index contributed by atoms with van der Waals surface area (Å²) in [6, 6.07) is 10.8. The van der Waals surface area contributed by atoms with Crippen molar-refractivity contribution in [3.05, 3.63) is 59.4 Å². The highest BCUT2D eigenvalue weighted by Crippen LogP contribution is 2.33. The number of carbonyl (C=O) groups is 3. The Morgan fingerprint density at radius 2 is 1.50 bits per heavy atom.